The van der Waals surface area contributed by atoms with Gasteiger partial charge in [0.05, 0.1) is 5.60 Å². The Bertz CT molecular complexity index is 250. The Morgan fingerprint density at radius 1 is 1.44 bits per heavy atom. The van der Waals surface area contributed by atoms with Crippen LogP contribution in [0.3, 0.4) is 0 Å². The van der Waals surface area contributed by atoms with E-state index in [1.54, 1.807) is 0 Å². The maximum Gasteiger partial charge on any atom is 0.0779 e. The zero-order chi connectivity index (χ0) is 11.0. The monoisotopic (exact) mass is 224 g/mol. The second kappa shape index (κ2) is 4.28. The molecule has 3 saturated heterocycles. The van der Waals surface area contributed by atoms with Crippen LogP contribution < -0.4 is 10.6 Å². The van der Waals surface area contributed by atoms with E-state index in [1.165, 1.54) is 38.6 Å². The number of rotatable bonds is 4. The first kappa shape index (κ1) is 11.0. The van der Waals surface area contributed by atoms with E-state index >= 15 is 0 Å². The third kappa shape index (κ3) is 2.13. The predicted molar refractivity (Wildman–Crippen MR) is 64.5 cm³/mol. The first-order valence-corrected chi connectivity index (χ1v) is 6.86. The Balaban J connectivity index is 1.40. The highest BCUT2D eigenvalue weighted by Gasteiger charge is 2.39. The van der Waals surface area contributed by atoms with Crippen molar-refractivity contribution in [2.24, 2.45) is 5.92 Å². The molecule has 3 aliphatic rings. The Kier molecular flexibility index (Phi) is 2.94. The fourth-order valence-corrected chi connectivity index (χ4v) is 3.66. The second-order valence-corrected chi connectivity index (χ2v) is 6.08. The minimum Gasteiger partial charge on any atom is -0.374 e. The van der Waals surface area contributed by atoms with Crippen molar-refractivity contribution in [3.63, 3.8) is 0 Å². The third-order valence-electron chi connectivity index (χ3n) is 4.64. The molecule has 3 aliphatic heterocycles. The van der Waals surface area contributed by atoms with Crippen LogP contribution in [0.4, 0.5) is 0 Å². The highest BCUT2D eigenvalue weighted by atomic mass is 16.5. The van der Waals surface area contributed by atoms with Gasteiger partial charge in [0.15, 0.2) is 0 Å². The summed E-state index contributed by atoms with van der Waals surface area (Å²) in [5, 5.41) is 7.32. The van der Waals surface area contributed by atoms with E-state index in [0.717, 1.165) is 31.2 Å². The molecule has 0 amide bonds. The number of fused-ring (bicyclic) bond motifs is 2. The van der Waals surface area contributed by atoms with Crippen molar-refractivity contribution in [2.75, 3.05) is 19.7 Å². The zero-order valence-electron chi connectivity index (χ0n) is 10.3. The molecule has 0 aliphatic carbocycles. The molecule has 0 aromatic rings. The maximum atomic E-state index is 5.79. The van der Waals surface area contributed by atoms with Crippen LogP contribution >= 0.6 is 0 Å². The van der Waals surface area contributed by atoms with E-state index in [4.69, 9.17) is 4.74 Å². The van der Waals surface area contributed by atoms with Gasteiger partial charge in [0.25, 0.3) is 0 Å². The van der Waals surface area contributed by atoms with Crippen molar-refractivity contribution in [1.29, 1.82) is 0 Å². The number of ether oxygens (including phenoxy) is 1. The summed E-state index contributed by atoms with van der Waals surface area (Å²) in [7, 11) is 0. The highest BCUT2D eigenvalue weighted by molar-refractivity contribution is 4.98. The topological polar surface area (TPSA) is 33.3 Å². The van der Waals surface area contributed by atoms with Crippen LogP contribution in [0.5, 0.6) is 0 Å². The molecule has 0 radical (unpaired) electrons. The van der Waals surface area contributed by atoms with E-state index in [1.807, 2.05) is 0 Å². The van der Waals surface area contributed by atoms with Crippen molar-refractivity contribution in [3.05, 3.63) is 0 Å². The van der Waals surface area contributed by atoms with Gasteiger partial charge in [-0.05, 0) is 51.5 Å². The standard InChI is InChI=1S/C13H24N2O/c1-13(5-2-6-16-13)9-14-8-10-7-11-3-4-12(10)15-11/h10-12,14-15H,2-9H2,1H3. The third-order valence-corrected chi connectivity index (χ3v) is 4.64. The zero-order valence-corrected chi connectivity index (χ0v) is 10.3. The predicted octanol–water partition coefficient (Wildman–Crippen LogP) is 1.29. The van der Waals surface area contributed by atoms with E-state index in [2.05, 4.69) is 17.6 Å². The van der Waals surface area contributed by atoms with Gasteiger partial charge in [0, 0.05) is 25.2 Å². The number of hydrogen-bond acceptors (Lipinski definition) is 3. The van der Waals surface area contributed by atoms with E-state index in [0.29, 0.717) is 0 Å². The van der Waals surface area contributed by atoms with Gasteiger partial charge in [0.1, 0.15) is 0 Å². The van der Waals surface area contributed by atoms with Crippen molar-refractivity contribution in [1.82, 2.24) is 10.6 Å². The van der Waals surface area contributed by atoms with Gasteiger partial charge < -0.3 is 15.4 Å². The van der Waals surface area contributed by atoms with Crippen LogP contribution in [0, 0.1) is 5.92 Å². The minimum atomic E-state index is 0.116. The van der Waals surface area contributed by atoms with Crippen LogP contribution in [0.15, 0.2) is 0 Å². The SMILES string of the molecule is CC1(CNCC2CC3CCC2N3)CCCO1. The van der Waals surface area contributed by atoms with Crippen molar-refractivity contribution >= 4 is 0 Å². The first-order valence-electron chi connectivity index (χ1n) is 6.86. The van der Waals surface area contributed by atoms with Gasteiger partial charge in [-0.3, -0.25) is 0 Å². The Hall–Kier alpha value is -0.120. The van der Waals surface area contributed by atoms with Crippen LogP contribution in [-0.2, 0) is 4.74 Å². The molecule has 2 N–H and O–H groups in total. The van der Waals surface area contributed by atoms with Crippen LogP contribution in [0.1, 0.15) is 39.0 Å². The second-order valence-electron chi connectivity index (χ2n) is 6.08. The lowest BCUT2D eigenvalue weighted by molar-refractivity contribution is 0.0201. The van der Waals surface area contributed by atoms with Crippen molar-refractivity contribution in [3.8, 4) is 0 Å². The molecule has 3 rings (SSSR count). The summed E-state index contributed by atoms with van der Waals surface area (Å²) < 4.78 is 5.79. The Labute approximate surface area is 98.3 Å². The maximum absolute atomic E-state index is 5.79. The van der Waals surface area contributed by atoms with Gasteiger partial charge in [0.2, 0.25) is 0 Å². The van der Waals surface area contributed by atoms with Crippen LogP contribution in [-0.4, -0.2) is 37.4 Å². The highest BCUT2D eigenvalue weighted by Crippen LogP contribution is 2.32. The first-order chi connectivity index (χ1) is 7.75. The molecule has 3 heterocycles. The normalized spacial score (nSPS) is 46.7. The quantitative estimate of drug-likeness (QED) is 0.755. The fraction of sp³-hybridized carbons (Fsp3) is 1.00. The summed E-state index contributed by atoms with van der Waals surface area (Å²) in [5.74, 6) is 0.865. The molecule has 3 fully saturated rings. The molecule has 2 bridgehead atoms. The summed E-state index contributed by atoms with van der Waals surface area (Å²) in [6.45, 7) is 5.40. The minimum absolute atomic E-state index is 0.116. The molecule has 0 aromatic carbocycles. The average molecular weight is 224 g/mol. The van der Waals surface area contributed by atoms with Crippen molar-refractivity contribution < 1.29 is 4.74 Å². The summed E-state index contributed by atoms with van der Waals surface area (Å²) in [6, 6.07) is 1.63. The molecule has 3 nitrogen and oxygen atoms in total. The molecule has 3 heteroatoms. The van der Waals surface area contributed by atoms with Gasteiger partial charge >= 0.3 is 0 Å². The molecular formula is C13H24N2O. The van der Waals surface area contributed by atoms with Crippen molar-refractivity contribution in [2.45, 2.75) is 56.7 Å². The summed E-state index contributed by atoms with van der Waals surface area (Å²) in [6.07, 6.45) is 6.63. The number of nitrogens with one attached hydrogen (secondary N) is 2. The smallest absolute Gasteiger partial charge is 0.0779 e. The molecule has 0 aromatic heterocycles. The van der Waals surface area contributed by atoms with E-state index in [-0.39, 0.29) is 5.60 Å². The summed E-state index contributed by atoms with van der Waals surface area (Å²) in [4.78, 5) is 0. The molecule has 4 unspecified atom stereocenters. The lowest BCUT2D eigenvalue weighted by Crippen LogP contribution is -2.41. The van der Waals surface area contributed by atoms with E-state index in [9.17, 15) is 0 Å². The Morgan fingerprint density at radius 2 is 2.38 bits per heavy atom. The van der Waals surface area contributed by atoms with E-state index < -0.39 is 0 Å². The number of hydrogen-bond donors (Lipinski definition) is 2. The molecular weight excluding hydrogens is 200 g/mol. The van der Waals surface area contributed by atoms with Gasteiger partial charge in [-0.15, -0.1) is 0 Å². The lowest BCUT2D eigenvalue weighted by atomic mass is 9.89. The fourth-order valence-electron chi connectivity index (χ4n) is 3.66. The summed E-state index contributed by atoms with van der Waals surface area (Å²) >= 11 is 0. The van der Waals surface area contributed by atoms with Crippen LogP contribution in [0.2, 0.25) is 0 Å². The van der Waals surface area contributed by atoms with Gasteiger partial charge in [-0.2, -0.15) is 0 Å². The molecule has 92 valence electrons. The summed E-state index contributed by atoms with van der Waals surface area (Å²) in [5.41, 5.74) is 0.116. The Morgan fingerprint density at radius 3 is 3.00 bits per heavy atom. The molecule has 0 spiro atoms. The molecule has 16 heavy (non-hydrogen) atoms. The molecule has 4 atom stereocenters. The average Bonchev–Trinajstić information content (AvgIpc) is 2.94. The van der Waals surface area contributed by atoms with Gasteiger partial charge in [-0.1, -0.05) is 0 Å². The van der Waals surface area contributed by atoms with Gasteiger partial charge in [-0.25, -0.2) is 0 Å². The largest absolute Gasteiger partial charge is 0.374 e. The molecule has 0 saturated carbocycles. The lowest BCUT2D eigenvalue weighted by Gasteiger charge is -2.26. The van der Waals surface area contributed by atoms with Crippen LogP contribution in [0.25, 0.3) is 0 Å².